The maximum absolute atomic E-state index is 13.0. The summed E-state index contributed by atoms with van der Waals surface area (Å²) < 4.78 is 15.9. The van der Waals surface area contributed by atoms with E-state index in [4.69, 9.17) is 25.8 Å². The molecule has 0 spiro atoms. The Morgan fingerprint density at radius 1 is 1.00 bits per heavy atom. The summed E-state index contributed by atoms with van der Waals surface area (Å²) in [5, 5.41) is 5.71. The number of methoxy groups -OCH3 is 1. The minimum absolute atomic E-state index is 0.0320. The Kier molecular flexibility index (Phi) is 6.28. The number of fused-ring (bicyclic) bond motifs is 1. The van der Waals surface area contributed by atoms with Crippen LogP contribution in [0.25, 0.3) is 6.08 Å². The van der Waals surface area contributed by atoms with Gasteiger partial charge in [0.05, 0.1) is 17.7 Å². The maximum Gasteiger partial charge on any atom is 0.272 e. The highest BCUT2D eigenvalue weighted by Crippen LogP contribution is 2.33. The fourth-order valence-electron chi connectivity index (χ4n) is 3.04. The summed E-state index contributed by atoms with van der Waals surface area (Å²) in [5.41, 5.74) is 1.47. The summed E-state index contributed by atoms with van der Waals surface area (Å²) in [5.74, 6) is 0.824. The minimum atomic E-state index is -0.507. The quantitative estimate of drug-likeness (QED) is 0.540. The molecular weight excluding hydrogens is 432 g/mol. The number of hydrogen-bond donors (Lipinski definition) is 2. The van der Waals surface area contributed by atoms with E-state index in [1.165, 1.54) is 0 Å². The van der Waals surface area contributed by atoms with Crippen LogP contribution >= 0.6 is 11.6 Å². The molecule has 3 aromatic rings. The first-order valence-corrected chi connectivity index (χ1v) is 10.0. The number of amides is 2. The number of ether oxygens (including phenoxy) is 3. The zero-order valence-electron chi connectivity index (χ0n) is 17.1. The van der Waals surface area contributed by atoms with Crippen molar-refractivity contribution >= 4 is 35.2 Å². The van der Waals surface area contributed by atoms with Gasteiger partial charge in [0.1, 0.15) is 11.4 Å². The van der Waals surface area contributed by atoms with Crippen molar-refractivity contribution < 1.29 is 23.8 Å². The molecule has 0 saturated carbocycles. The molecular formula is C24H19ClN2O5. The maximum atomic E-state index is 13.0. The van der Waals surface area contributed by atoms with E-state index in [1.807, 2.05) is 0 Å². The lowest BCUT2D eigenvalue weighted by Crippen LogP contribution is -2.30. The Bertz CT molecular complexity index is 1190. The largest absolute Gasteiger partial charge is 0.497 e. The van der Waals surface area contributed by atoms with Gasteiger partial charge in [-0.3, -0.25) is 9.59 Å². The van der Waals surface area contributed by atoms with Crippen molar-refractivity contribution in [3.8, 4) is 17.2 Å². The smallest absolute Gasteiger partial charge is 0.272 e. The molecule has 2 N–H and O–H groups in total. The average molecular weight is 451 g/mol. The van der Waals surface area contributed by atoms with Gasteiger partial charge in [-0.25, -0.2) is 0 Å². The van der Waals surface area contributed by atoms with E-state index in [2.05, 4.69) is 10.6 Å². The fourth-order valence-corrected chi connectivity index (χ4v) is 3.26. The van der Waals surface area contributed by atoms with Crippen LogP contribution in [0.3, 0.4) is 0 Å². The van der Waals surface area contributed by atoms with Gasteiger partial charge in [0.2, 0.25) is 6.79 Å². The summed E-state index contributed by atoms with van der Waals surface area (Å²) in [6.45, 7) is 0.135. The molecule has 1 aliphatic heterocycles. The highest BCUT2D eigenvalue weighted by Gasteiger charge is 2.18. The van der Waals surface area contributed by atoms with Gasteiger partial charge < -0.3 is 24.8 Å². The molecule has 1 aliphatic rings. The third-order valence-corrected chi connectivity index (χ3v) is 5.00. The molecule has 0 radical (unpaired) electrons. The number of halogens is 1. The Balaban J connectivity index is 1.62. The molecule has 1 heterocycles. The number of hydrogen-bond acceptors (Lipinski definition) is 5. The molecule has 0 saturated heterocycles. The second-order valence-corrected chi connectivity index (χ2v) is 7.19. The van der Waals surface area contributed by atoms with E-state index in [9.17, 15) is 9.59 Å². The lowest BCUT2D eigenvalue weighted by atomic mass is 10.1. The predicted molar refractivity (Wildman–Crippen MR) is 121 cm³/mol. The summed E-state index contributed by atoms with van der Waals surface area (Å²) >= 11 is 6.14. The molecule has 0 atom stereocenters. The van der Waals surface area contributed by atoms with Gasteiger partial charge in [-0.05, 0) is 60.2 Å². The van der Waals surface area contributed by atoms with E-state index in [1.54, 1.807) is 79.9 Å². The van der Waals surface area contributed by atoms with Crippen molar-refractivity contribution in [2.45, 2.75) is 0 Å². The van der Waals surface area contributed by atoms with Crippen LogP contribution in [0.2, 0.25) is 5.02 Å². The van der Waals surface area contributed by atoms with Crippen LogP contribution in [0.5, 0.6) is 17.2 Å². The van der Waals surface area contributed by atoms with E-state index < -0.39 is 11.8 Å². The van der Waals surface area contributed by atoms with Gasteiger partial charge in [-0.1, -0.05) is 29.8 Å². The van der Waals surface area contributed by atoms with Crippen molar-refractivity contribution in [3.05, 3.63) is 88.6 Å². The third kappa shape index (κ3) is 4.84. The third-order valence-electron chi connectivity index (χ3n) is 4.67. The summed E-state index contributed by atoms with van der Waals surface area (Å²) in [6, 6.07) is 18.7. The standard InChI is InChI=1S/C24H19ClN2O5/c1-30-17-9-7-16(8-10-17)26-24(29)20(27-23(28)18-4-2-3-5-19(18)25)12-15-6-11-21-22(13-15)32-14-31-21/h2-13H,14H2,1H3,(H,26,29)(H,27,28). The summed E-state index contributed by atoms with van der Waals surface area (Å²) in [7, 11) is 1.56. The minimum Gasteiger partial charge on any atom is -0.497 e. The van der Waals surface area contributed by atoms with Gasteiger partial charge in [-0.15, -0.1) is 0 Å². The number of nitrogens with one attached hydrogen (secondary N) is 2. The molecule has 162 valence electrons. The number of carbonyl (C=O) groups excluding carboxylic acids is 2. The van der Waals surface area contributed by atoms with Gasteiger partial charge >= 0.3 is 0 Å². The lowest BCUT2D eigenvalue weighted by molar-refractivity contribution is -0.113. The van der Waals surface area contributed by atoms with Crippen molar-refractivity contribution in [1.82, 2.24) is 5.32 Å². The van der Waals surface area contributed by atoms with Gasteiger partial charge in [0, 0.05) is 5.69 Å². The predicted octanol–water partition coefficient (Wildman–Crippen LogP) is 4.49. The molecule has 0 aromatic heterocycles. The van der Waals surface area contributed by atoms with E-state index in [0.717, 1.165) is 0 Å². The molecule has 0 fully saturated rings. The molecule has 0 aliphatic carbocycles. The van der Waals surface area contributed by atoms with Crippen LogP contribution < -0.4 is 24.8 Å². The van der Waals surface area contributed by atoms with Crippen molar-refractivity contribution in [2.24, 2.45) is 0 Å². The Labute approximate surface area is 189 Å². The molecule has 7 nitrogen and oxygen atoms in total. The molecule has 32 heavy (non-hydrogen) atoms. The monoisotopic (exact) mass is 450 g/mol. The average Bonchev–Trinajstić information content (AvgIpc) is 3.27. The summed E-state index contributed by atoms with van der Waals surface area (Å²) in [4.78, 5) is 25.9. The highest BCUT2D eigenvalue weighted by atomic mass is 35.5. The zero-order valence-corrected chi connectivity index (χ0v) is 17.8. The fraction of sp³-hybridized carbons (Fsp3) is 0.0833. The first kappa shape index (κ1) is 21.3. The van der Waals surface area contributed by atoms with Crippen LogP contribution in [-0.2, 0) is 4.79 Å². The van der Waals surface area contributed by atoms with Crippen LogP contribution in [0.1, 0.15) is 15.9 Å². The van der Waals surface area contributed by atoms with Crippen molar-refractivity contribution in [3.63, 3.8) is 0 Å². The Hall–Kier alpha value is -3.97. The van der Waals surface area contributed by atoms with Crippen molar-refractivity contribution in [1.29, 1.82) is 0 Å². The van der Waals surface area contributed by atoms with Gasteiger partial charge in [-0.2, -0.15) is 0 Å². The molecule has 8 heteroatoms. The number of carbonyl (C=O) groups is 2. The SMILES string of the molecule is COc1ccc(NC(=O)C(=Cc2ccc3c(c2)OCO3)NC(=O)c2ccccc2Cl)cc1. The van der Waals surface area contributed by atoms with Crippen LogP contribution in [0.15, 0.2) is 72.4 Å². The first-order valence-electron chi connectivity index (χ1n) is 9.66. The second-order valence-electron chi connectivity index (χ2n) is 6.79. The number of rotatable bonds is 6. The van der Waals surface area contributed by atoms with Gasteiger partial charge in [0.25, 0.3) is 11.8 Å². The van der Waals surface area contributed by atoms with Crippen LogP contribution in [0, 0.1) is 0 Å². The summed E-state index contributed by atoms with van der Waals surface area (Å²) in [6.07, 6.45) is 1.55. The van der Waals surface area contributed by atoms with Crippen molar-refractivity contribution in [2.75, 3.05) is 19.2 Å². The molecule has 4 rings (SSSR count). The molecule has 0 unspecified atom stereocenters. The van der Waals surface area contributed by atoms with E-state index in [-0.39, 0.29) is 23.1 Å². The number of benzene rings is 3. The Morgan fingerprint density at radius 3 is 2.50 bits per heavy atom. The molecule has 0 bridgehead atoms. The highest BCUT2D eigenvalue weighted by molar-refractivity contribution is 6.34. The topological polar surface area (TPSA) is 85.9 Å². The first-order chi connectivity index (χ1) is 15.5. The Morgan fingerprint density at radius 2 is 1.75 bits per heavy atom. The van der Waals surface area contributed by atoms with Crippen LogP contribution in [0.4, 0.5) is 5.69 Å². The van der Waals surface area contributed by atoms with Crippen LogP contribution in [-0.4, -0.2) is 25.7 Å². The van der Waals surface area contributed by atoms with E-state index >= 15 is 0 Å². The zero-order chi connectivity index (χ0) is 22.5. The molecule has 2 amide bonds. The van der Waals surface area contributed by atoms with Gasteiger partial charge in [0.15, 0.2) is 11.5 Å². The van der Waals surface area contributed by atoms with E-state index in [0.29, 0.717) is 28.5 Å². The number of anilines is 1. The normalized spacial score (nSPS) is 12.2. The lowest BCUT2D eigenvalue weighted by Gasteiger charge is -2.12. The molecule has 3 aromatic carbocycles. The second kappa shape index (κ2) is 9.45.